The van der Waals surface area contributed by atoms with Gasteiger partial charge in [0.05, 0.1) is 11.0 Å². The van der Waals surface area contributed by atoms with E-state index in [2.05, 4.69) is 16.5 Å². The summed E-state index contributed by atoms with van der Waals surface area (Å²) in [6.07, 6.45) is 8.97. The second-order valence-corrected chi connectivity index (χ2v) is 2.81. The first-order valence-corrected chi connectivity index (χ1v) is 4.78. The van der Waals surface area contributed by atoms with Gasteiger partial charge in [-0.15, -0.1) is 0 Å². The van der Waals surface area contributed by atoms with Crippen LogP contribution < -0.4 is 0 Å². The molecule has 1 aromatic carbocycles. The zero-order chi connectivity index (χ0) is 10.9. The van der Waals surface area contributed by atoms with Crippen LogP contribution in [-0.2, 0) is 0 Å². The molecule has 0 amide bonds. The van der Waals surface area contributed by atoms with E-state index in [1.54, 1.807) is 18.5 Å². The number of nitrogens with zero attached hydrogens (tertiary/aromatic N) is 2. The maximum absolute atomic E-state index is 4.12. The molecule has 0 fully saturated rings. The Bertz CT molecular complexity index is 387. The molecule has 3 heteroatoms. The van der Waals surface area contributed by atoms with Gasteiger partial charge in [0.25, 0.3) is 0 Å². The van der Waals surface area contributed by atoms with Crippen molar-refractivity contribution in [2.45, 2.75) is 6.92 Å². The summed E-state index contributed by atoms with van der Waals surface area (Å²) in [4.78, 5) is 8.24. The maximum atomic E-state index is 4.12. The van der Waals surface area contributed by atoms with Crippen LogP contribution in [-0.4, -0.2) is 27.6 Å². The molecule has 2 rings (SSSR count). The minimum atomic E-state index is 0. The van der Waals surface area contributed by atoms with Crippen molar-refractivity contribution in [2.24, 2.45) is 0 Å². The fourth-order valence-corrected chi connectivity index (χ4v) is 1.05. The first kappa shape index (κ1) is 14.6. The molecule has 2 aromatic rings. The Hall–Kier alpha value is -1.42. The normalized spacial score (nSPS) is 9.06. The van der Waals surface area contributed by atoms with Gasteiger partial charge in [0, 0.05) is 12.4 Å². The van der Waals surface area contributed by atoms with Gasteiger partial charge >= 0.3 is 17.6 Å². The van der Waals surface area contributed by atoms with Crippen LogP contribution in [0.4, 0.5) is 0 Å². The number of para-hydroxylation sites is 2. The van der Waals surface area contributed by atoms with Gasteiger partial charge in [-0.2, -0.15) is 0 Å². The van der Waals surface area contributed by atoms with Crippen LogP contribution in [0, 0.1) is 0 Å². The van der Waals surface area contributed by atoms with Crippen molar-refractivity contribution in [3.63, 3.8) is 0 Å². The van der Waals surface area contributed by atoms with E-state index < -0.39 is 0 Å². The predicted molar refractivity (Wildman–Crippen MR) is 75.9 cm³/mol. The molecule has 0 unspecified atom stereocenters. The van der Waals surface area contributed by atoms with E-state index in [0.29, 0.717) is 0 Å². The van der Waals surface area contributed by atoms with E-state index in [1.807, 2.05) is 43.3 Å². The van der Waals surface area contributed by atoms with Crippen molar-refractivity contribution in [3.05, 3.63) is 61.5 Å². The van der Waals surface area contributed by atoms with Crippen molar-refractivity contribution in [3.8, 4) is 0 Å². The zero-order valence-corrected chi connectivity index (χ0v) is 8.80. The van der Waals surface area contributed by atoms with E-state index in [4.69, 9.17) is 0 Å². The van der Waals surface area contributed by atoms with Gasteiger partial charge in [-0.1, -0.05) is 36.9 Å². The Morgan fingerprint density at radius 1 is 1.06 bits per heavy atom. The topological polar surface area (TPSA) is 25.8 Å². The molecule has 0 aliphatic heterocycles. The minimum absolute atomic E-state index is 0. The van der Waals surface area contributed by atoms with Gasteiger partial charge in [0.1, 0.15) is 0 Å². The molecule has 0 radical (unpaired) electrons. The molecule has 0 saturated heterocycles. The molecule has 0 bridgehead atoms. The van der Waals surface area contributed by atoms with E-state index >= 15 is 0 Å². The second-order valence-electron chi connectivity index (χ2n) is 2.81. The van der Waals surface area contributed by atoms with Gasteiger partial charge in [0.2, 0.25) is 0 Å². The summed E-state index contributed by atoms with van der Waals surface area (Å²) in [5.74, 6) is 0. The zero-order valence-electron chi connectivity index (χ0n) is 8.80. The fourth-order valence-electron chi connectivity index (χ4n) is 1.05. The second kappa shape index (κ2) is 8.86. The van der Waals surface area contributed by atoms with Crippen LogP contribution in [0.15, 0.2) is 61.5 Å². The molecular formula is C13H18GeN2. The van der Waals surface area contributed by atoms with Gasteiger partial charge in [0.15, 0.2) is 0 Å². The molecule has 16 heavy (non-hydrogen) atoms. The Morgan fingerprint density at radius 3 is 1.88 bits per heavy atom. The SMILES string of the molecule is C=CC=CC.[GeH4].c1ccc2nccnc2c1. The van der Waals surface area contributed by atoms with E-state index in [0.717, 1.165) is 11.0 Å². The number of hydrogen-bond acceptors (Lipinski definition) is 2. The molecule has 0 N–H and O–H groups in total. The van der Waals surface area contributed by atoms with E-state index in [9.17, 15) is 0 Å². The van der Waals surface area contributed by atoms with Crippen LogP contribution in [0.25, 0.3) is 11.0 Å². The van der Waals surface area contributed by atoms with E-state index in [-0.39, 0.29) is 17.6 Å². The molecule has 0 aliphatic rings. The van der Waals surface area contributed by atoms with Crippen LogP contribution in [0.5, 0.6) is 0 Å². The number of allylic oxidation sites excluding steroid dienone is 3. The molecule has 0 atom stereocenters. The monoisotopic (exact) mass is 276 g/mol. The third-order valence-corrected chi connectivity index (χ3v) is 1.70. The van der Waals surface area contributed by atoms with Gasteiger partial charge in [-0.05, 0) is 19.1 Å². The smallest absolute Gasteiger partial charge is 0.0886 e. The van der Waals surface area contributed by atoms with Crippen molar-refractivity contribution in [1.82, 2.24) is 9.97 Å². The summed E-state index contributed by atoms with van der Waals surface area (Å²) in [7, 11) is 0. The molecule has 0 aliphatic carbocycles. The molecule has 1 heterocycles. The van der Waals surface area contributed by atoms with Gasteiger partial charge in [-0.3, -0.25) is 9.97 Å². The standard InChI is InChI=1S/C8H6N2.C5H8.GeH4/c1-2-4-8-7(3-1)9-5-6-10-8;1-3-5-4-2;/h1-6H;3-5H,1H2,2H3;1H4. The Morgan fingerprint density at radius 2 is 1.56 bits per heavy atom. The largest absolute Gasteiger partial charge is 0.253 e. The number of hydrogen-bond donors (Lipinski definition) is 0. The van der Waals surface area contributed by atoms with Crippen molar-refractivity contribution in [2.75, 3.05) is 0 Å². The fraction of sp³-hybridized carbons (Fsp3) is 0.0769. The quantitative estimate of drug-likeness (QED) is 0.587. The number of aromatic nitrogens is 2. The number of benzene rings is 1. The predicted octanol–water partition coefficient (Wildman–Crippen LogP) is 1.93. The van der Waals surface area contributed by atoms with Crippen LogP contribution in [0.1, 0.15) is 6.92 Å². The first-order valence-electron chi connectivity index (χ1n) is 4.78. The summed E-state index contributed by atoms with van der Waals surface area (Å²) in [5.41, 5.74) is 1.90. The van der Waals surface area contributed by atoms with Crippen LogP contribution in [0.3, 0.4) is 0 Å². The Balaban J connectivity index is 0.000000330. The summed E-state index contributed by atoms with van der Waals surface area (Å²) >= 11 is 0. The van der Waals surface area contributed by atoms with Gasteiger partial charge in [-0.25, -0.2) is 0 Å². The molecule has 0 spiro atoms. The molecule has 0 saturated carbocycles. The molecule has 84 valence electrons. The number of rotatable bonds is 1. The van der Waals surface area contributed by atoms with Crippen LogP contribution in [0.2, 0.25) is 0 Å². The third kappa shape index (κ3) is 4.89. The first-order chi connectivity index (χ1) is 7.38. The molecular weight excluding hydrogens is 257 g/mol. The summed E-state index contributed by atoms with van der Waals surface area (Å²) < 4.78 is 0. The van der Waals surface area contributed by atoms with Crippen LogP contribution >= 0.6 is 0 Å². The number of fused-ring (bicyclic) bond motifs is 1. The average Bonchev–Trinajstić information content (AvgIpc) is 2.31. The van der Waals surface area contributed by atoms with Crippen molar-refractivity contribution < 1.29 is 0 Å². The average molecular weight is 275 g/mol. The van der Waals surface area contributed by atoms with Crippen molar-refractivity contribution >= 4 is 28.6 Å². The van der Waals surface area contributed by atoms with E-state index in [1.165, 1.54) is 0 Å². The summed E-state index contributed by atoms with van der Waals surface area (Å²) in [6.45, 7) is 5.42. The van der Waals surface area contributed by atoms with Crippen molar-refractivity contribution in [1.29, 1.82) is 0 Å². The maximum Gasteiger partial charge on any atom is 0.0886 e. The molecule has 1 aromatic heterocycles. The minimum Gasteiger partial charge on any atom is -0.253 e. The Kier molecular flexibility index (Phi) is 8.07. The van der Waals surface area contributed by atoms with Gasteiger partial charge < -0.3 is 0 Å². The molecule has 2 nitrogen and oxygen atoms in total. The Labute approximate surface area is 107 Å². The summed E-state index contributed by atoms with van der Waals surface area (Å²) in [6, 6.07) is 7.80. The summed E-state index contributed by atoms with van der Waals surface area (Å²) in [5, 5.41) is 0. The third-order valence-electron chi connectivity index (χ3n) is 1.70.